The summed E-state index contributed by atoms with van der Waals surface area (Å²) in [5.41, 5.74) is 1.92. The number of nitrogens with one attached hydrogen (secondary N) is 1. The highest BCUT2D eigenvalue weighted by molar-refractivity contribution is 5.95. The molecule has 2 fully saturated rings. The second kappa shape index (κ2) is 7.47. The summed E-state index contributed by atoms with van der Waals surface area (Å²) >= 11 is 0. The van der Waals surface area contributed by atoms with Gasteiger partial charge >= 0.3 is 6.18 Å². The van der Waals surface area contributed by atoms with Gasteiger partial charge in [-0.25, -0.2) is 0 Å². The van der Waals surface area contributed by atoms with Gasteiger partial charge in [-0.1, -0.05) is 12.1 Å². The highest BCUT2D eigenvalue weighted by Gasteiger charge is 2.44. The zero-order valence-electron chi connectivity index (χ0n) is 15.2. The summed E-state index contributed by atoms with van der Waals surface area (Å²) in [5.74, 6) is -0.311. The molecule has 0 radical (unpaired) electrons. The first-order valence-corrected chi connectivity index (χ1v) is 9.32. The van der Waals surface area contributed by atoms with Crippen LogP contribution in [-0.2, 0) is 15.7 Å². The van der Waals surface area contributed by atoms with E-state index in [1.165, 1.54) is 12.1 Å². The van der Waals surface area contributed by atoms with E-state index in [9.17, 15) is 18.0 Å². The molecule has 1 amide bonds. The minimum Gasteiger partial charge on any atom is -0.378 e. The molecule has 0 unspecified atom stereocenters. The Balaban J connectivity index is 1.33. The molecule has 148 valence electrons. The van der Waals surface area contributed by atoms with Gasteiger partial charge in [-0.15, -0.1) is 0 Å². The summed E-state index contributed by atoms with van der Waals surface area (Å²) in [7, 11) is 0. The van der Waals surface area contributed by atoms with Crippen LogP contribution in [0.15, 0.2) is 48.5 Å². The Morgan fingerprint density at radius 3 is 2.25 bits per heavy atom. The van der Waals surface area contributed by atoms with Crippen LogP contribution in [-0.4, -0.2) is 32.2 Å². The maximum Gasteiger partial charge on any atom is 0.416 e. The molecule has 1 heterocycles. The molecule has 1 saturated heterocycles. The van der Waals surface area contributed by atoms with Gasteiger partial charge in [0.05, 0.1) is 18.8 Å². The van der Waals surface area contributed by atoms with Gasteiger partial charge in [-0.3, -0.25) is 4.79 Å². The van der Waals surface area contributed by atoms with E-state index in [4.69, 9.17) is 4.74 Å². The van der Waals surface area contributed by atoms with Crippen LogP contribution in [0.4, 0.5) is 24.5 Å². The Morgan fingerprint density at radius 2 is 1.64 bits per heavy atom. The summed E-state index contributed by atoms with van der Waals surface area (Å²) in [6.45, 7) is 3.13. The van der Waals surface area contributed by atoms with Crippen LogP contribution in [0.2, 0.25) is 0 Å². The molecule has 28 heavy (non-hydrogen) atoms. The van der Waals surface area contributed by atoms with E-state index in [1.54, 1.807) is 0 Å². The molecule has 1 N–H and O–H groups in total. The van der Waals surface area contributed by atoms with Gasteiger partial charge in [-0.05, 0) is 54.3 Å². The lowest BCUT2D eigenvalue weighted by Gasteiger charge is -2.28. The molecule has 2 aromatic rings. The van der Waals surface area contributed by atoms with Gasteiger partial charge in [0.1, 0.15) is 0 Å². The van der Waals surface area contributed by atoms with Crippen LogP contribution in [0.1, 0.15) is 23.5 Å². The lowest BCUT2D eigenvalue weighted by atomic mass is 10.1. The molecule has 7 heteroatoms. The number of morpholine rings is 1. The van der Waals surface area contributed by atoms with Crippen molar-refractivity contribution in [1.29, 1.82) is 0 Å². The third kappa shape index (κ3) is 4.14. The van der Waals surface area contributed by atoms with Gasteiger partial charge in [0.2, 0.25) is 5.91 Å². The number of amides is 1. The predicted octanol–water partition coefficient (Wildman–Crippen LogP) is 4.28. The largest absolute Gasteiger partial charge is 0.416 e. The van der Waals surface area contributed by atoms with Crippen LogP contribution in [0.25, 0.3) is 0 Å². The molecule has 0 spiro atoms. The first-order valence-electron chi connectivity index (χ1n) is 9.32. The Labute approximate surface area is 161 Å². The Kier molecular flexibility index (Phi) is 5.02. The molecule has 1 aliphatic heterocycles. The lowest BCUT2D eigenvalue weighted by Crippen LogP contribution is -2.36. The number of carbonyl (C=O) groups excluding carboxylic acids is 1. The minimum atomic E-state index is -4.34. The van der Waals surface area contributed by atoms with Crippen LogP contribution >= 0.6 is 0 Å². The van der Waals surface area contributed by atoms with Crippen LogP contribution in [0, 0.1) is 5.92 Å². The zero-order valence-corrected chi connectivity index (χ0v) is 15.2. The minimum absolute atomic E-state index is 0.0186. The molecule has 0 aromatic heterocycles. The number of nitrogens with zero attached hydrogens (tertiary/aromatic N) is 1. The normalized spacial score (nSPS) is 22.0. The van der Waals surface area contributed by atoms with E-state index in [1.807, 2.05) is 24.3 Å². The van der Waals surface area contributed by atoms with E-state index in [0.29, 0.717) is 19.6 Å². The van der Waals surface area contributed by atoms with Crippen molar-refractivity contribution in [3.63, 3.8) is 0 Å². The standard InChI is InChI=1S/C21H21F3N2O2/c22-21(23,24)15-3-1-14(2-4-15)18-13-19(18)20(27)25-16-5-7-17(8-6-16)26-9-11-28-12-10-26/h1-8,18-19H,9-13H2,(H,25,27)/t18-,19+/m0/s1. The number of halogens is 3. The van der Waals surface area contributed by atoms with Crippen LogP contribution in [0.3, 0.4) is 0 Å². The third-order valence-electron chi connectivity index (χ3n) is 5.30. The average molecular weight is 390 g/mol. The molecule has 4 rings (SSSR count). The third-order valence-corrected chi connectivity index (χ3v) is 5.30. The van der Waals surface area contributed by atoms with E-state index < -0.39 is 11.7 Å². The first kappa shape index (κ1) is 18.8. The summed E-state index contributed by atoms with van der Waals surface area (Å²) in [6, 6.07) is 12.8. The van der Waals surface area contributed by atoms with Gasteiger partial charge in [0.15, 0.2) is 0 Å². The molecule has 1 saturated carbocycles. The van der Waals surface area contributed by atoms with Crippen molar-refractivity contribution in [3.05, 3.63) is 59.7 Å². The summed E-state index contributed by atoms with van der Waals surface area (Å²) < 4.78 is 43.3. The predicted molar refractivity (Wildman–Crippen MR) is 100 cm³/mol. The fraction of sp³-hybridized carbons (Fsp3) is 0.381. The van der Waals surface area contributed by atoms with Crippen LogP contribution < -0.4 is 10.2 Å². The highest BCUT2D eigenvalue weighted by atomic mass is 19.4. The van der Waals surface area contributed by atoms with Crippen molar-refractivity contribution in [1.82, 2.24) is 0 Å². The summed E-state index contributed by atoms with van der Waals surface area (Å²) in [4.78, 5) is 14.7. The Bertz CT molecular complexity index is 828. The molecular formula is C21H21F3N2O2. The topological polar surface area (TPSA) is 41.6 Å². The number of ether oxygens (including phenoxy) is 1. The van der Waals surface area contributed by atoms with Crippen molar-refractivity contribution in [2.45, 2.75) is 18.5 Å². The monoisotopic (exact) mass is 390 g/mol. The van der Waals surface area contributed by atoms with E-state index in [0.717, 1.165) is 42.2 Å². The van der Waals surface area contributed by atoms with Gasteiger partial charge in [0, 0.05) is 30.4 Å². The van der Waals surface area contributed by atoms with E-state index >= 15 is 0 Å². The number of anilines is 2. The summed E-state index contributed by atoms with van der Waals surface area (Å²) in [6.07, 6.45) is -3.69. The first-order chi connectivity index (χ1) is 13.4. The smallest absolute Gasteiger partial charge is 0.378 e. The lowest BCUT2D eigenvalue weighted by molar-refractivity contribution is -0.137. The maximum atomic E-state index is 12.7. The molecule has 4 nitrogen and oxygen atoms in total. The SMILES string of the molecule is O=C(Nc1ccc(N2CCOCC2)cc1)[C@@H]1C[C@H]1c1ccc(C(F)(F)F)cc1. The van der Waals surface area contributed by atoms with Crippen molar-refractivity contribution in [3.8, 4) is 0 Å². The number of hydrogen-bond donors (Lipinski definition) is 1. The molecule has 1 aliphatic carbocycles. The fourth-order valence-electron chi connectivity index (χ4n) is 3.58. The number of carbonyl (C=O) groups is 1. The molecular weight excluding hydrogens is 369 g/mol. The quantitative estimate of drug-likeness (QED) is 0.847. The molecule has 2 aliphatic rings. The maximum absolute atomic E-state index is 12.7. The highest BCUT2D eigenvalue weighted by Crippen LogP contribution is 2.48. The van der Waals surface area contributed by atoms with Crippen molar-refractivity contribution >= 4 is 17.3 Å². The van der Waals surface area contributed by atoms with Gasteiger partial charge in [-0.2, -0.15) is 13.2 Å². The average Bonchev–Trinajstić information content (AvgIpc) is 3.50. The number of rotatable bonds is 4. The van der Waals surface area contributed by atoms with Crippen LogP contribution in [0.5, 0.6) is 0 Å². The Morgan fingerprint density at radius 1 is 1.00 bits per heavy atom. The molecule has 0 bridgehead atoms. The fourth-order valence-corrected chi connectivity index (χ4v) is 3.58. The number of hydrogen-bond acceptors (Lipinski definition) is 3. The van der Waals surface area contributed by atoms with Crippen molar-refractivity contribution < 1.29 is 22.7 Å². The second-order valence-electron chi connectivity index (χ2n) is 7.20. The van der Waals surface area contributed by atoms with E-state index in [-0.39, 0.29) is 17.7 Å². The molecule has 2 aromatic carbocycles. The molecule has 2 atom stereocenters. The Hall–Kier alpha value is -2.54. The zero-order chi connectivity index (χ0) is 19.7. The number of alkyl halides is 3. The second-order valence-corrected chi connectivity index (χ2v) is 7.20. The van der Waals surface area contributed by atoms with Crippen molar-refractivity contribution in [2.75, 3.05) is 36.5 Å². The van der Waals surface area contributed by atoms with Gasteiger partial charge in [0.25, 0.3) is 0 Å². The number of benzene rings is 2. The summed E-state index contributed by atoms with van der Waals surface area (Å²) in [5, 5.41) is 2.91. The van der Waals surface area contributed by atoms with Gasteiger partial charge < -0.3 is 15.0 Å². The van der Waals surface area contributed by atoms with E-state index in [2.05, 4.69) is 10.2 Å². The van der Waals surface area contributed by atoms with Crippen molar-refractivity contribution in [2.24, 2.45) is 5.92 Å².